The maximum Gasteiger partial charge on any atom is 0.241 e. The first kappa shape index (κ1) is 15.4. The lowest BCUT2D eigenvalue weighted by Crippen LogP contribution is -2.16. The molecule has 0 amide bonds. The average molecular weight is 340 g/mol. The molecular formula is C11H15BrFNO3S. The van der Waals surface area contributed by atoms with Crippen LogP contribution in [-0.2, 0) is 10.0 Å². The SMILES string of the molecule is CCC(CC)Oc1cc(F)c(S(N)(=O)=O)cc1Br. The zero-order chi connectivity index (χ0) is 13.9. The summed E-state index contributed by atoms with van der Waals surface area (Å²) >= 11 is 3.15. The van der Waals surface area contributed by atoms with Crippen LogP contribution in [0, 0.1) is 5.82 Å². The van der Waals surface area contributed by atoms with Gasteiger partial charge in [0.2, 0.25) is 10.0 Å². The van der Waals surface area contributed by atoms with E-state index in [1.807, 2.05) is 13.8 Å². The predicted molar refractivity (Wildman–Crippen MR) is 70.5 cm³/mol. The highest BCUT2D eigenvalue weighted by molar-refractivity contribution is 9.10. The van der Waals surface area contributed by atoms with E-state index in [0.717, 1.165) is 25.0 Å². The van der Waals surface area contributed by atoms with Crippen LogP contribution in [0.25, 0.3) is 0 Å². The summed E-state index contributed by atoms with van der Waals surface area (Å²) in [6.45, 7) is 3.91. The second-order valence-electron chi connectivity index (χ2n) is 3.81. The molecule has 0 spiro atoms. The molecule has 1 rings (SSSR count). The van der Waals surface area contributed by atoms with Gasteiger partial charge in [0.1, 0.15) is 16.5 Å². The molecule has 0 saturated heterocycles. The minimum absolute atomic E-state index is 0.0407. The van der Waals surface area contributed by atoms with Crippen molar-refractivity contribution in [3.05, 3.63) is 22.4 Å². The van der Waals surface area contributed by atoms with Crippen molar-refractivity contribution >= 4 is 26.0 Å². The Hall–Kier alpha value is -0.660. The van der Waals surface area contributed by atoms with Crippen LogP contribution in [-0.4, -0.2) is 14.5 Å². The van der Waals surface area contributed by atoms with Crippen molar-refractivity contribution in [1.82, 2.24) is 0 Å². The fraction of sp³-hybridized carbons (Fsp3) is 0.455. The van der Waals surface area contributed by atoms with Gasteiger partial charge in [0.15, 0.2) is 0 Å². The van der Waals surface area contributed by atoms with Gasteiger partial charge in [-0.25, -0.2) is 17.9 Å². The molecule has 2 N–H and O–H groups in total. The quantitative estimate of drug-likeness (QED) is 0.896. The number of hydrogen-bond donors (Lipinski definition) is 1. The lowest BCUT2D eigenvalue weighted by molar-refractivity contribution is 0.190. The van der Waals surface area contributed by atoms with Gasteiger partial charge in [0.25, 0.3) is 0 Å². The molecule has 0 unspecified atom stereocenters. The predicted octanol–water partition coefficient (Wildman–Crippen LogP) is 2.80. The maximum atomic E-state index is 13.6. The summed E-state index contributed by atoms with van der Waals surface area (Å²) < 4.78 is 41.8. The van der Waals surface area contributed by atoms with Crippen molar-refractivity contribution in [3.8, 4) is 5.75 Å². The van der Waals surface area contributed by atoms with Gasteiger partial charge < -0.3 is 4.74 Å². The molecule has 1 aromatic carbocycles. The van der Waals surface area contributed by atoms with E-state index in [0.29, 0.717) is 4.47 Å². The van der Waals surface area contributed by atoms with E-state index >= 15 is 0 Å². The Morgan fingerprint density at radius 3 is 2.39 bits per heavy atom. The van der Waals surface area contributed by atoms with E-state index in [1.54, 1.807) is 0 Å². The highest BCUT2D eigenvalue weighted by Gasteiger charge is 2.19. The van der Waals surface area contributed by atoms with Crippen molar-refractivity contribution < 1.29 is 17.5 Å². The van der Waals surface area contributed by atoms with E-state index in [1.165, 1.54) is 0 Å². The molecule has 0 atom stereocenters. The van der Waals surface area contributed by atoms with Crippen LogP contribution in [0.1, 0.15) is 26.7 Å². The summed E-state index contributed by atoms with van der Waals surface area (Å²) in [5.41, 5.74) is 0. The van der Waals surface area contributed by atoms with Crippen LogP contribution in [0.5, 0.6) is 5.75 Å². The summed E-state index contributed by atoms with van der Waals surface area (Å²) in [7, 11) is -4.07. The number of primary sulfonamides is 1. The highest BCUT2D eigenvalue weighted by atomic mass is 79.9. The van der Waals surface area contributed by atoms with Gasteiger partial charge in [-0.05, 0) is 34.8 Å². The Morgan fingerprint density at radius 1 is 1.39 bits per heavy atom. The number of nitrogens with two attached hydrogens (primary N) is 1. The van der Waals surface area contributed by atoms with Crippen molar-refractivity contribution in [2.24, 2.45) is 5.14 Å². The summed E-state index contributed by atoms with van der Waals surface area (Å²) in [5, 5.41) is 4.90. The molecule has 0 radical (unpaired) electrons. The Morgan fingerprint density at radius 2 is 1.94 bits per heavy atom. The number of benzene rings is 1. The first-order chi connectivity index (χ1) is 8.29. The second-order valence-corrected chi connectivity index (χ2v) is 6.20. The third-order valence-corrected chi connectivity index (χ3v) is 4.04. The molecule has 4 nitrogen and oxygen atoms in total. The van der Waals surface area contributed by atoms with Crippen LogP contribution in [0.3, 0.4) is 0 Å². The molecule has 0 aliphatic carbocycles. The smallest absolute Gasteiger partial charge is 0.241 e. The molecule has 1 aromatic rings. The zero-order valence-electron chi connectivity index (χ0n) is 10.1. The van der Waals surface area contributed by atoms with Crippen LogP contribution < -0.4 is 9.88 Å². The first-order valence-electron chi connectivity index (χ1n) is 5.48. The van der Waals surface area contributed by atoms with Gasteiger partial charge in [0, 0.05) is 6.07 Å². The highest BCUT2D eigenvalue weighted by Crippen LogP contribution is 2.31. The van der Waals surface area contributed by atoms with E-state index in [9.17, 15) is 12.8 Å². The zero-order valence-corrected chi connectivity index (χ0v) is 12.5. The Labute approximate surface area is 115 Å². The van der Waals surface area contributed by atoms with Gasteiger partial charge in [-0.2, -0.15) is 0 Å². The average Bonchev–Trinajstić information content (AvgIpc) is 2.28. The topological polar surface area (TPSA) is 69.4 Å². The van der Waals surface area contributed by atoms with Crippen molar-refractivity contribution in [1.29, 1.82) is 0 Å². The van der Waals surface area contributed by atoms with Crippen molar-refractivity contribution in [2.75, 3.05) is 0 Å². The molecule has 0 bridgehead atoms. The maximum absolute atomic E-state index is 13.6. The number of hydrogen-bond acceptors (Lipinski definition) is 3. The van der Waals surface area contributed by atoms with Gasteiger partial charge >= 0.3 is 0 Å². The summed E-state index contributed by atoms with van der Waals surface area (Å²) in [6.07, 6.45) is 1.52. The standard InChI is InChI=1S/C11H15BrFNO3S/c1-3-7(4-2)17-10-6-9(13)11(5-8(10)12)18(14,15)16/h5-7H,3-4H2,1-2H3,(H2,14,15,16). The molecule has 0 aromatic heterocycles. The second kappa shape index (κ2) is 5.99. The summed E-state index contributed by atoms with van der Waals surface area (Å²) in [6, 6.07) is 2.14. The Bertz CT molecular complexity index is 529. The number of halogens is 2. The van der Waals surface area contributed by atoms with Crippen LogP contribution in [0.4, 0.5) is 4.39 Å². The van der Waals surface area contributed by atoms with E-state index in [4.69, 9.17) is 9.88 Å². The van der Waals surface area contributed by atoms with Gasteiger partial charge in [-0.15, -0.1) is 0 Å². The number of sulfonamides is 1. The van der Waals surface area contributed by atoms with Crippen LogP contribution in [0.2, 0.25) is 0 Å². The van der Waals surface area contributed by atoms with Crippen LogP contribution in [0.15, 0.2) is 21.5 Å². The summed E-state index contributed by atoms with van der Waals surface area (Å²) in [4.78, 5) is -0.550. The van der Waals surface area contributed by atoms with Gasteiger partial charge in [-0.1, -0.05) is 13.8 Å². The number of rotatable bonds is 5. The summed E-state index contributed by atoms with van der Waals surface area (Å²) in [5.74, 6) is -0.643. The molecule has 0 aliphatic rings. The van der Waals surface area contributed by atoms with Crippen LogP contribution >= 0.6 is 15.9 Å². The fourth-order valence-electron chi connectivity index (χ4n) is 1.45. The normalized spacial score (nSPS) is 11.9. The lowest BCUT2D eigenvalue weighted by atomic mass is 10.2. The number of ether oxygens (including phenoxy) is 1. The molecule has 0 heterocycles. The molecule has 18 heavy (non-hydrogen) atoms. The molecule has 0 fully saturated rings. The van der Waals surface area contributed by atoms with Crippen molar-refractivity contribution in [2.45, 2.75) is 37.7 Å². The van der Waals surface area contributed by atoms with E-state index in [-0.39, 0.29) is 11.9 Å². The van der Waals surface area contributed by atoms with Crippen molar-refractivity contribution in [3.63, 3.8) is 0 Å². The molecule has 7 heteroatoms. The third kappa shape index (κ3) is 3.66. The minimum Gasteiger partial charge on any atom is -0.489 e. The fourth-order valence-corrected chi connectivity index (χ4v) is 2.65. The van der Waals surface area contributed by atoms with E-state index in [2.05, 4.69) is 15.9 Å². The van der Waals surface area contributed by atoms with Gasteiger partial charge in [-0.3, -0.25) is 0 Å². The minimum atomic E-state index is -4.07. The Kier molecular flexibility index (Phi) is 5.12. The Balaban J connectivity index is 3.15. The first-order valence-corrected chi connectivity index (χ1v) is 7.82. The molecule has 102 valence electrons. The van der Waals surface area contributed by atoms with E-state index < -0.39 is 20.7 Å². The molecule has 0 aliphatic heterocycles. The van der Waals surface area contributed by atoms with Gasteiger partial charge in [0.05, 0.1) is 10.6 Å². The largest absolute Gasteiger partial charge is 0.489 e. The lowest BCUT2D eigenvalue weighted by Gasteiger charge is -2.17. The molecule has 0 saturated carbocycles. The monoisotopic (exact) mass is 339 g/mol. The third-order valence-electron chi connectivity index (χ3n) is 2.50. The molecular weight excluding hydrogens is 325 g/mol.